The van der Waals surface area contributed by atoms with Crippen molar-refractivity contribution in [2.45, 2.75) is 26.1 Å². The third-order valence-electron chi connectivity index (χ3n) is 1.31. The van der Waals surface area contributed by atoms with Gasteiger partial charge in [0.25, 0.3) is 0 Å². The van der Waals surface area contributed by atoms with Crippen molar-refractivity contribution >= 4 is 5.20 Å². The topological polar surface area (TPSA) is 0 Å². The largest absolute Gasteiger partial charge is 1.00 e. The maximum absolute atomic E-state index is 2.50. The third kappa shape index (κ3) is 9.75. The van der Waals surface area contributed by atoms with Crippen molar-refractivity contribution in [3.05, 3.63) is 21.5 Å². The molecule has 0 spiro atoms. The number of allylic oxidation sites excluding steroid dienone is 4. The zero-order chi connectivity index (χ0) is 7.61. The van der Waals surface area contributed by atoms with E-state index in [0.29, 0.717) is 0 Å². The van der Waals surface area contributed by atoms with Crippen LogP contribution >= 0.6 is 0 Å². The Morgan fingerprint density at radius 2 is 1.69 bits per heavy atom. The Kier molecular flexibility index (Phi) is 13.4. The Hall–Kier alpha value is 1.45. The van der Waals surface area contributed by atoms with Crippen molar-refractivity contribution in [1.82, 2.24) is 0 Å². The number of rotatable bonds is 2. The summed E-state index contributed by atoms with van der Waals surface area (Å²) in [6.07, 6.45) is 8.15. The molecule has 1 rings (SSSR count). The first-order valence-electron chi connectivity index (χ1n) is 3.72. The molecule has 0 aliphatic heterocycles. The van der Waals surface area contributed by atoms with Gasteiger partial charge in [-0.3, -0.25) is 0 Å². The molecule has 0 saturated heterocycles. The molecule has 13 heavy (non-hydrogen) atoms. The molecule has 1 aliphatic carbocycles. The molecule has 0 aromatic carbocycles. The predicted molar refractivity (Wildman–Crippen MR) is 45.2 cm³/mol. The van der Waals surface area contributed by atoms with Crippen molar-refractivity contribution < 1.29 is 59.6 Å². The van der Waals surface area contributed by atoms with Gasteiger partial charge in [-0.25, -0.2) is 0 Å². The van der Waals surface area contributed by atoms with Gasteiger partial charge in [0.05, 0.1) is 0 Å². The molecule has 0 heterocycles. The monoisotopic (exact) mass is 333 g/mol. The van der Waals surface area contributed by atoms with E-state index in [-0.39, 0.29) is 59.6 Å². The summed E-state index contributed by atoms with van der Waals surface area (Å²) in [5.41, 5.74) is 0. The fraction of sp³-hybridized carbons (Fsp3) is 0.500. The maximum atomic E-state index is 2.50. The molecule has 5 heteroatoms. The Morgan fingerprint density at radius 3 is 2.00 bits per heavy atom. The molecule has 0 nitrogen and oxygen atoms in total. The van der Waals surface area contributed by atoms with Crippen LogP contribution < -0.4 is 37.2 Å². The Labute approximate surface area is 111 Å². The van der Waals surface area contributed by atoms with Crippen LogP contribution in [-0.4, -0.2) is 5.20 Å². The summed E-state index contributed by atoms with van der Waals surface area (Å²) in [4.78, 5) is 0. The number of hydrogen-bond donors (Lipinski definition) is 0. The minimum Gasteiger partial charge on any atom is -1.00 e. The molecule has 0 aromatic rings. The van der Waals surface area contributed by atoms with Crippen molar-refractivity contribution in [3.8, 4) is 0 Å². The first-order chi connectivity index (χ1) is 4.58. The van der Waals surface area contributed by atoms with Crippen molar-refractivity contribution in [2.75, 3.05) is 0 Å². The summed E-state index contributed by atoms with van der Waals surface area (Å²) in [6.45, 7) is 7.50. The molecule has 0 atom stereocenters. The summed E-state index contributed by atoms with van der Waals surface area (Å²) in [5.74, 6) is 0. The van der Waals surface area contributed by atoms with Gasteiger partial charge in [0.15, 0.2) is 0 Å². The van der Waals surface area contributed by atoms with Gasteiger partial charge in [-0.05, 0) is 0 Å². The minimum absolute atomic E-state index is 0. The van der Waals surface area contributed by atoms with E-state index in [4.69, 9.17) is 0 Å². The van der Waals surface area contributed by atoms with Gasteiger partial charge >= 0.3 is 75.2 Å². The standard InChI is InChI=1S/C5H5.C3H9Si.3ClH.Zr/c1-2-4-5-3-1;1-4(2)3;;;;/h1-3H,4H2;1-3H3;3*1H;/q;;;;;+3/p-3. The molecule has 0 saturated carbocycles. The van der Waals surface area contributed by atoms with Crippen LogP contribution in [0.25, 0.3) is 0 Å². The summed E-state index contributed by atoms with van der Waals surface area (Å²) in [7, 11) is 0. The van der Waals surface area contributed by atoms with E-state index in [1.807, 2.05) is 3.28 Å². The van der Waals surface area contributed by atoms with Crippen LogP contribution in [0.1, 0.15) is 6.42 Å². The summed E-state index contributed by atoms with van der Waals surface area (Å²) >= 11 is -0.108. The summed E-state index contributed by atoms with van der Waals surface area (Å²) in [6, 6.07) is 0. The molecule has 0 radical (unpaired) electrons. The predicted octanol–water partition coefficient (Wildman–Crippen LogP) is -6.24. The zero-order valence-corrected chi connectivity index (χ0v) is 13.8. The van der Waals surface area contributed by atoms with Crippen LogP contribution in [0.2, 0.25) is 19.6 Å². The molecular formula is C8H14Cl3SiZr. The molecular weight excluding hydrogens is 322 g/mol. The van der Waals surface area contributed by atoms with Crippen LogP contribution in [0.4, 0.5) is 0 Å². The zero-order valence-electron chi connectivity index (χ0n) is 8.07. The fourth-order valence-electron chi connectivity index (χ4n) is 1.02. The van der Waals surface area contributed by atoms with E-state index in [0.717, 1.165) is 0 Å². The molecule has 0 fully saturated rings. The molecule has 0 N–H and O–H groups in total. The molecule has 1 aliphatic rings. The van der Waals surface area contributed by atoms with Gasteiger partial charge in [-0.2, -0.15) is 0 Å². The van der Waals surface area contributed by atoms with E-state index in [1.54, 1.807) is 0 Å². The van der Waals surface area contributed by atoms with Gasteiger partial charge < -0.3 is 37.2 Å². The van der Waals surface area contributed by atoms with E-state index in [2.05, 4.69) is 37.9 Å². The normalized spacial score (nSPS) is 13.0. The summed E-state index contributed by atoms with van der Waals surface area (Å²) in [5, 5.41) is -0.661. The number of hydrogen-bond acceptors (Lipinski definition) is 0. The van der Waals surface area contributed by atoms with E-state index in [1.165, 1.54) is 6.42 Å². The van der Waals surface area contributed by atoms with Crippen molar-refractivity contribution in [3.63, 3.8) is 0 Å². The molecule has 0 unspecified atom stereocenters. The SMILES string of the molecule is C[Si](C)(C)[Zr+3][C]1=CC=CC1.[Cl-].[Cl-].[Cl-]. The average molecular weight is 336 g/mol. The second-order valence-corrected chi connectivity index (χ2v) is 22.9. The van der Waals surface area contributed by atoms with E-state index in [9.17, 15) is 0 Å². The van der Waals surface area contributed by atoms with Gasteiger partial charge in [0, 0.05) is 0 Å². The van der Waals surface area contributed by atoms with E-state index >= 15 is 0 Å². The van der Waals surface area contributed by atoms with Crippen LogP contribution in [0.5, 0.6) is 0 Å². The quantitative estimate of drug-likeness (QED) is 0.441. The second-order valence-electron chi connectivity index (χ2n) is 3.70. The first kappa shape index (κ1) is 19.9. The number of halogens is 3. The minimum atomic E-state index is -0.661. The second kappa shape index (κ2) is 8.73. The van der Waals surface area contributed by atoms with Gasteiger partial charge in [0.2, 0.25) is 0 Å². The van der Waals surface area contributed by atoms with Gasteiger partial charge in [0.1, 0.15) is 0 Å². The average Bonchev–Trinajstić information content (AvgIpc) is 2.12. The Morgan fingerprint density at radius 1 is 1.15 bits per heavy atom. The van der Waals surface area contributed by atoms with Crippen LogP contribution in [-0.2, 0) is 22.4 Å². The maximum Gasteiger partial charge on any atom is -1.00 e. The Bertz CT molecular complexity index is 184. The van der Waals surface area contributed by atoms with Gasteiger partial charge in [-0.1, -0.05) is 0 Å². The molecule has 0 bridgehead atoms. The van der Waals surface area contributed by atoms with Crippen LogP contribution in [0.3, 0.4) is 0 Å². The van der Waals surface area contributed by atoms with Crippen molar-refractivity contribution in [2.24, 2.45) is 0 Å². The van der Waals surface area contributed by atoms with Crippen molar-refractivity contribution in [1.29, 1.82) is 0 Å². The third-order valence-corrected chi connectivity index (χ3v) is 11.2. The van der Waals surface area contributed by atoms with Crippen LogP contribution in [0.15, 0.2) is 21.5 Å². The molecule has 0 amide bonds. The van der Waals surface area contributed by atoms with E-state index < -0.39 is 5.20 Å². The summed E-state index contributed by atoms with van der Waals surface area (Å²) < 4.78 is 1.81. The van der Waals surface area contributed by atoms with Gasteiger partial charge in [-0.15, -0.1) is 0 Å². The first-order valence-corrected chi connectivity index (χ1v) is 12.1. The fourth-order valence-corrected chi connectivity index (χ4v) is 11.2. The molecule has 0 aromatic heterocycles. The molecule has 75 valence electrons. The smallest absolute Gasteiger partial charge is 1.00 e. The van der Waals surface area contributed by atoms with Crippen LogP contribution in [0, 0.1) is 0 Å². The Balaban J connectivity index is -0.000000333.